The van der Waals surface area contributed by atoms with Gasteiger partial charge >= 0.3 is 11.9 Å². The second-order valence-corrected chi connectivity index (χ2v) is 6.89. The number of carbonyl (C=O) groups is 3. The summed E-state index contributed by atoms with van der Waals surface area (Å²) in [5, 5.41) is 0.504. The molecule has 0 unspecified atom stereocenters. The lowest BCUT2D eigenvalue weighted by molar-refractivity contribution is -0.137. The summed E-state index contributed by atoms with van der Waals surface area (Å²) < 4.78 is 15.6. The van der Waals surface area contributed by atoms with E-state index >= 15 is 0 Å². The molecule has 0 aliphatic carbocycles. The maximum Gasteiger partial charge on any atom is 0.338 e. The number of carbonyl (C=O) groups excluding carboxylic acids is 3. The summed E-state index contributed by atoms with van der Waals surface area (Å²) in [5.74, 6) is -0.199. The van der Waals surface area contributed by atoms with E-state index in [0.717, 1.165) is 0 Å². The van der Waals surface area contributed by atoms with Gasteiger partial charge in [-0.3, -0.25) is 4.79 Å². The zero-order valence-electron chi connectivity index (χ0n) is 15.6. The molecule has 1 aliphatic heterocycles. The minimum atomic E-state index is -0.500. The van der Waals surface area contributed by atoms with Crippen LogP contribution in [0.15, 0.2) is 35.4 Å². The van der Waals surface area contributed by atoms with E-state index in [1.54, 1.807) is 31.2 Å². The number of esters is 2. The lowest BCUT2D eigenvalue weighted by Crippen LogP contribution is -2.29. The minimum Gasteiger partial charge on any atom is -0.491 e. The fraction of sp³-hybridized carbons (Fsp3) is 0.421. The van der Waals surface area contributed by atoms with Crippen molar-refractivity contribution in [2.45, 2.75) is 26.9 Å². The molecule has 1 aliphatic rings. The molecule has 2 rings (SSSR count). The zero-order valence-corrected chi connectivity index (χ0v) is 16.4. The highest BCUT2D eigenvalue weighted by molar-refractivity contribution is 8.04. The highest BCUT2D eigenvalue weighted by Gasteiger charge is 2.27. The Hall–Kier alpha value is -2.48. The van der Waals surface area contributed by atoms with Crippen molar-refractivity contribution in [2.24, 2.45) is 0 Å². The highest BCUT2D eigenvalue weighted by atomic mass is 32.2. The fourth-order valence-electron chi connectivity index (χ4n) is 2.31. The van der Waals surface area contributed by atoms with Gasteiger partial charge in [0.05, 0.1) is 41.7 Å². The number of thioether (sulfide) groups is 1. The second kappa shape index (κ2) is 10.0. The van der Waals surface area contributed by atoms with Crippen LogP contribution >= 0.6 is 11.8 Å². The van der Waals surface area contributed by atoms with Crippen LogP contribution in [0.5, 0.6) is 5.75 Å². The Morgan fingerprint density at radius 3 is 2.56 bits per heavy atom. The van der Waals surface area contributed by atoms with Gasteiger partial charge < -0.3 is 19.1 Å². The van der Waals surface area contributed by atoms with E-state index in [-0.39, 0.29) is 37.5 Å². The number of nitrogens with zero attached hydrogens (tertiary/aromatic N) is 1. The molecule has 0 N–H and O–H groups in total. The van der Waals surface area contributed by atoms with E-state index in [4.69, 9.17) is 14.2 Å². The first-order valence-electron chi connectivity index (χ1n) is 8.66. The molecular weight excluding hydrogens is 370 g/mol. The first-order chi connectivity index (χ1) is 12.9. The number of hydrogen-bond acceptors (Lipinski definition) is 7. The molecule has 0 aromatic heterocycles. The molecular formula is C19H23NO6S. The number of hydrogen-bond donors (Lipinski definition) is 0. The van der Waals surface area contributed by atoms with Crippen molar-refractivity contribution < 1.29 is 28.6 Å². The largest absolute Gasteiger partial charge is 0.491 e. The third-order valence-electron chi connectivity index (χ3n) is 3.45. The van der Waals surface area contributed by atoms with Gasteiger partial charge in [-0.15, -0.1) is 0 Å². The monoisotopic (exact) mass is 393 g/mol. The zero-order chi connectivity index (χ0) is 19.8. The maximum absolute atomic E-state index is 12.1. The Morgan fingerprint density at radius 2 is 1.93 bits per heavy atom. The second-order valence-electron chi connectivity index (χ2n) is 5.90. The van der Waals surface area contributed by atoms with E-state index in [0.29, 0.717) is 16.3 Å². The van der Waals surface area contributed by atoms with Crippen molar-refractivity contribution in [3.05, 3.63) is 40.9 Å². The van der Waals surface area contributed by atoms with Crippen LogP contribution in [-0.2, 0) is 19.1 Å². The Morgan fingerprint density at radius 1 is 1.22 bits per heavy atom. The number of ether oxygens (including phenoxy) is 3. The first kappa shape index (κ1) is 20.8. The molecule has 1 saturated heterocycles. The van der Waals surface area contributed by atoms with Crippen LogP contribution in [0, 0.1) is 0 Å². The molecule has 0 bridgehead atoms. The summed E-state index contributed by atoms with van der Waals surface area (Å²) in [6.07, 6.45) is 1.34. The van der Waals surface area contributed by atoms with E-state index < -0.39 is 11.9 Å². The molecule has 0 spiro atoms. The van der Waals surface area contributed by atoms with Gasteiger partial charge in [0.1, 0.15) is 12.4 Å². The third-order valence-corrected chi connectivity index (χ3v) is 4.47. The smallest absolute Gasteiger partial charge is 0.338 e. The van der Waals surface area contributed by atoms with E-state index in [1.165, 1.54) is 22.7 Å². The lowest BCUT2D eigenvalue weighted by Gasteiger charge is -2.17. The molecule has 1 amide bonds. The predicted molar refractivity (Wildman–Crippen MR) is 101 cm³/mol. The van der Waals surface area contributed by atoms with Crippen molar-refractivity contribution in [1.82, 2.24) is 4.90 Å². The van der Waals surface area contributed by atoms with Crippen molar-refractivity contribution in [1.29, 1.82) is 0 Å². The molecule has 0 saturated carbocycles. The Labute approximate surface area is 162 Å². The predicted octanol–water partition coefficient (Wildman–Crippen LogP) is 2.61. The summed E-state index contributed by atoms with van der Waals surface area (Å²) in [6.45, 7) is 6.02. The molecule has 1 fully saturated rings. The van der Waals surface area contributed by atoms with Gasteiger partial charge in [0.15, 0.2) is 0 Å². The Kier molecular flexibility index (Phi) is 7.72. The third kappa shape index (κ3) is 6.32. The normalized spacial score (nSPS) is 15.3. The van der Waals surface area contributed by atoms with E-state index in [2.05, 4.69) is 0 Å². The van der Waals surface area contributed by atoms with Crippen LogP contribution in [-0.4, -0.2) is 54.4 Å². The molecule has 0 atom stereocenters. The van der Waals surface area contributed by atoms with Crippen LogP contribution < -0.4 is 4.74 Å². The fourth-order valence-corrected chi connectivity index (χ4v) is 3.26. The lowest BCUT2D eigenvalue weighted by atomic mass is 10.2. The Balaban J connectivity index is 1.87. The number of benzene rings is 1. The van der Waals surface area contributed by atoms with E-state index in [9.17, 15) is 14.4 Å². The van der Waals surface area contributed by atoms with Crippen molar-refractivity contribution >= 4 is 29.6 Å². The Bertz CT molecular complexity index is 713. The number of amides is 1. The molecule has 7 nitrogen and oxygen atoms in total. The summed E-state index contributed by atoms with van der Waals surface area (Å²) in [6, 6.07) is 6.67. The standard InChI is InChI=1S/C19H23NO6S/c1-4-24-18(22)11-17-20(16(21)12-27-17)9-10-25-19(23)14-5-7-15(8-6-14)26-13(2)3/h5-8,11,13H,4,9-10,12H2,1-3H3/b17-11-. The molecule has 0 radical (unpaired) electrons. The van der Waals surface area contributed by atoms with E-state index in [1.807, 2.05) is 13.8 Å². The SMILES string of the molecule is CCOC(=O)/C=C1\SCC(=O)N1CCOC(=O)c1ccc(OC(C)C)cc1. The van der Waals surface area contributed by atoms with Gasteiger partial charge in [-0.2, -0.15) is 0 Å². The quantitative estimate of drug-likeness (QED) is 0.496. The van der Waals surface area contributed by atoms with Crippen molar-refractivity contribution in [3.63, 3.8) is 0 Å². The van der Waals surface area contributed by atoms with Crippen molar-refractivity contribution in [2.75, 3.05) is 25.5 Å². The summed E-state index contributed by atoms with van der Waals surface area (Å²) >= 11 is 1.26. The van der Waals surface area contributed by atoms with Gasteiger partial charge in [0.25, 0.3) is 0 Å². The molecule has 1 aromatic carbocycles. The molecule has 8 heteroatoms. The summed E-state index contributed by atoms with van der Waals surface area (Å²) in [5.41, 5.74) is 0.399. The number of rotatable bonds is 8. The van der Waals surface area contributed by atoms with Gasteiger partial charge in [-0.1, -0.05) is 11.8 Å². The van der Waals surface area contributed by atoms with Gasteiger partial charge in [0.2, 0.25) is 5.91 Å². The average Bonchev–Trinajstić information content (AvgIpc) is 2.95. The van der Waals surface area contributed by atoms with Gasteiger partial charge in [0, 0.05) is 0 Å². The van der Waals surface area contributed by atoms with Crippen molar-refractivity contribution in [3.8, 4) is 5.75 Å². The van der Waals surface area contributed by atoms with Gasteiger partial charge in [-0.05, 0) is 45.0 Å². The highest BCUT2D eigenvalue weighted by Crippen LogP contribution is 2.28. The minimum absolute atomic E-state index is 0.0234. The molecule has 1 aromatic rings. The molecule has 146 valence electrons. The first-order valence-corrected chi connectivity index (χ1v) is 9.64. The summed E-state index contributed by atoms with van der Waals surface area (Å²) in [4.78, 5) is 37.1. The molecule has 1 heterocycles. The van der Waals surface area contributed by atoms with Crippen LogP contribution in [0.3, 0.4) is 0 Å². The van der Waals surface area contributed by atoms with Crippen LogP contribution in [0.4, 0.5) is 0 Å². The maximum atomic E-state index is 12.1. The molecule has 27 heavy (non-hydrogen) atoms. The topological polar surface area (TPSA) is 82.1 Å². The van der Waals surface area contributed by atoms with Crippen LogP contribution in [0.2, 0.25) is 0 Å². The summed E-state index contributed by atoms with van der Waals surface area (Å²) in [7, 11) is 0. The van der Waals surface area contributed by atoms with Crippen LogP contribution in [0.25, 0.3) is 0 Å². The average molecular weight is 393 g/mol. The van der Waals surface area contributed by atoms with Crippen LogP contribution in [0.1, 0.15) is 31.1 Å². The van der Waals surface area contributed by atoms with Gasteiger partial charge in [-0.25, -0.2) is 9.59 Å².